The van der Waals surface area contributed by atoms with E-state index in [9.17, 15) is 9.18 Å². The van der Waals surface area contributed by atoms with E-state index in [2.05, 4.69) is 0 Å². The molecule has 2 rings (SSSR count). The predicted octanol–water partition coefficient (Wildman–Crippen LogP) is 3.74. The molecule has 0 saturated heterocycles. The Balaban J connectivity index is 2.31. The third-order valence-corrected chi connectivity index (χ3v) is 4.10. The topological polar surface area (TPSA) is 37.3 Å². The molecule has 5 heteroatoms. The Kier molecular flexibility index (Phi) is 3.26. The van der Waals surface area contributed by atoms with E-state index in [1.807, 2.05) is 0 Å². The molecule has 0 radical (unpaired) electrons. The number of benzene rings is 1. The summed E-state index contributed by atoms with van der Waals surface area (Å²) in [5.41, 5.74) is 0.221. The first-order chi connectivity index (χ1) is 7.68. The maximum absolute atomic E-state index is 13.4. The molecule has 1 aromatic carbocycles. The van der Waals surface area contributed by atoms with Crippen molar-refractivity contribution in [3.8, 4) is 0 Å². The summed E-state index contributed by atoms with van der Waals surface area (Å²) in [5.74, 6) is -1.32. The zero-order valence-electron chi connectivity index (χ0n) is 8.01. The zero-order chi connectivity index (χ0) is 11.5. The van der Waals surface area contributed by atoms with Gasteiger partial charge in [-0.1, -0.05) is 23.9 Å². The monoisotopic (exact) mass is 254 g/mol. The number of thiophene rings is 1. The summed E-state index contributed by atoms with van der Waals surface area (Å²) in [5, 5.41) is 10.6. The van der Waals surface area contributed by atoms with E-state index in [0.29, 0.717) is 9.10 Å². The Hall–Kier alpha value is -1.33. The Morgan fingerprint density at radius 2 is 2.06 bits per heavy atom. The smallest absolute Gasteiger partial charge is 0.337 e. The molecule has 2 aromatic rings. The lowest BCUT2D eigenvalue weighted by atomic mass is 10.3. The number of carbonyl (C=O) groups is 1. The first-order valence-corrected chi connectivity index (χ1v) is 6.11. The number of carboxylic acids is 1. The van der Waals surface area contributed by atoms with Crippen LogP contribution in [0.1, 0.15) is 10.4 Å². The van der Waals surface area contributed by atoms with Crippen LogP contribution >= 0.6 is 23.1 Å². The molecule has 0 fully saturated rings. The summed E-state index contributed by atoms with van der Waals surface area (Å²) in [6.45, 7) is 0. The van der Waals surface area contributed by atoms with E-state index >= 15 is 0 Å². The molecule has 0 aliphatic rings. The second-order valence-corrected chi connectivity index (χ2v) is 5.19. The fraction of sp³-hybridized carbons (Fsp3) is 0. The lowest BCUT2D eigenvalue weighted by Gasteiger charge is -2.01. The van der Waals surface area contributed by atoms with E-state index in [0.717, 1.165) is 11.8 Å². The molecule has 1 N–H and O–H groups in total. The van der Waals surface area contributed by atoms with Crippen LogP contribution in [0.15, 0.2) is 44.8 Å². The molecule has 0 saturated carbocycles. The molecule has 1 heterocycles. The molecule has 16 heavy (non-hydrogen) atoms. The van der Waals surface area contributed by atoms with Crippen LogP contribution in [-0.2, 0) is 0 Å². The van der Waals surface area contributed by atoms with Gasteiger partial charge in [0, 0.05) is 4.90 Å². The van der Waals surface area contributed by atoms with Crippen LogP contribution in [0.5, 0.6) is 0 Å². The molecule has 0 amide bonds. The standard InChI is InChI=1S/C11H7FO2S2/c12-8-3-1-2-4-9(8)16-11-7(10(13)14)5-6-15-11/h1-6H,(H,13,14). The van der Waals surface area contributed by atoms with E-state index in [4.69, 9.17) is 5.11 Å². The van der Waals surface area contributed by atoms with Gasteiger partial charge >= 0.3 is 5.97 Å². The van der Waals surface area contributed by atoms with Gasteiger partial charge in [-0.15, -0.1) is 11.3 Å². The highest BCUT2D eigenvalue weighted by molar-refractivity contribution is 8.01. The Labute approximate surface area is 99.7 Å². The number of halogens is 1. The van der Waals surface area contributed by atoms with Crippen LogP contribution in [-0.4, -0.2) is 11.1 Å². The molecule has 0 aliphatic heterocycles. The average Bonchev–Trinajstić information content (AvgIpc) is 2.69. The van der Waals surface area contributed by atoms with Gasteiger partial charge < -0.3 is 5.11 Å². The molecule has 1 aromatic heterocycles. The Morgan fingerprint density at radius 1 is 1.31 bits per heavy atom. The van der Waals surface area contributed by atoms with Crippen molar-refractivity contribution in [3.63, 3.8) is 0 Å². The Bertz CT molecular complexity index is 522. The van der Waals surface area contributed by atoms with Crippen LogP contribution in [0.2, 0.25) is 0 Å². The maximum Gasteiger partial charge on any atom is 0.337 e. The first kappa shape index (κ1) is 11.2. The van der Waals surface area contributed by atoms with Crippen molar-refractivity contribution in [2.75, 3.05) is 0 Å². The van der Waals surface area contributed by atoms with Crippen LogP contribution in [0.3, 0.4) is 0 Å². The molecule has 0 atom stereocenters. The third-order valence-electron chi connectivity index (χ3n) is 1.90. The van der Waals surface area contributed by atoms with Crippen molar-refractivity contribution < 1.29 is 14.3 Å². The van der Waals surface area contributed by atoms with Gasteiger partial charge in [0.1, 0.15) is 5.82 Å². The zero-order valence-corrected chi connectivity index (χ0v) is 9.65. The summed E-state index contributed by atoms with van der Waals surface area (Å²) >= 11 is 2.44. The van der Waals surface area contributed by atoms with Crippen LogP contribution in [0.4, 0.5) is 4.39 Å². The van der Waals surface area contributed by atoms with Crippen LogP contribution < -0.4 is 0 Å². The molecule has 0 spiro atoms. The normalized spacial score (nSPS) is 10.3. The van der Waals surface area contributed by atoms with Crippen LogP contribution in [0, 0.1) is 5.82 Å². The number of aromatic carboxylic acids is 1. The van der Waals surface area contributed by atoms with Crippen molar-refractivity contribution in [3.05, 3.63) is 47.1 Å². The largest absolute Gasteiger partial charge is 0.478 e. The third kappa shape index (κ3) is 2.25. The van der Waals surface area contributed by atoms with Crippen molar-refractivity contribution >= 4 is 29.1 Å². The number of hydrogen-bond acceptors (Lipinski definition) is 3. The van der Waals surface area contributed by atoms with Gasteiger partial charge in [-0.2, -0.15) is 0 Å². The highest BCUT2D eigenvalue weighted by Crippen LogP contribution is 2.35. The second kappa shape index (κ2) is 4.67. The van der Waals surface area contributed by atoms with Gasteiger partial charge in [-0.25, -0.2) is 9.18 Å². The maximum atomic E-state index is 13.4. The minimum absolute atomic E-state index is 0.221. The lowest BCUT2D eigenvalue weighted by molar-refractivity contribution is 0.0694. The highest BCUT2D eigenvalue weighted by atomic mass is 32.2. The van der Waals surface area contributed by atoms with E-state index < -0.39 is 5.97 Å². The molecule has 0 aliphatic carbocycles. The minimum atomic E-state index is -0.986. The quantitative estimate of drug-likeness (QED) is 0.906. The lowest BCUT2D eigenvalue weighted by Crippen LogP contribution is -1.94. The van der Waals surface area contributed by atoms with Crippen molar-refractivity contribution in [1.82, 2.24) is 0 Å². The SMILES string of the molecule is O=C(O)c1ccsc1Sc1ccccc1F. The fourth-order valence-electron chi connectivity index (χ4n) is 1.16. The molecular formula is C11H7FO2S2. The van der Waals surface area contributed by atoms with Crippen molar-refractivity contribution in [1.29, 1.82) is 0 Å². The summed E-state index contributed by atoms with van der Waals surface area (Å²) in [4.78, 5) is 11.3. The van der Waals surface area contributed by atoms with Gasteiger partial charge in [0.2, 0.25) is 0 Å². The van der Waals surface area contributed by atoms with Gasteiger partial charge in [0.25, 0.3) is 0 Å². The van der Waals surface area contributed by atoms with Gasteiger partial charge in [-0.05, 0) is 23.6 Å². The molecule has 82 valence electrons. The van der Waals surface area contributed by atoms with E-state index in [1.165, 1.54) is 23.5 Å². The molecule has 2 nitrogen and oxygen atoms in total. The summed E-state index contributed by atoms with van der Waals surface area (Å²) in [7, 11) is 0. The van der Waals surface area contributed by atoms with E-state index in [1.54, 1.807) is 23.6 Å². The van der Waals surface area contributed by atoms with Gasteiger partial charge in [-0.3, -0.25) is 0 Å². The molecule has 0 unspecified atom stereocenters. The number of hydrogen-bond donors (Lipinski definition) is 1. The Morgan fingerprint density at radius 3 is 2.75 bits per heavy atom. The fourth-order valence-corrected chi connectivity index (χ4v) is 3.18. The van der Waals surface area contributed by atoms with Crippen molar-refractivity contribution in [2.45, 2.75) is 9.10 Å². The number of carboxylic acid groups (broad SMARTS) is 1. The predicted molar refractivity (Wildman–Crippen MR) is 61.8 cm³/mol. The average molecular weight is 254 g/mol. The van der Waals surface area contributed by atoms with Gasteiger partial charge in [0.05, 0.1) is 9.77 Å². The van der Waals surface area contributed by atoms with Crippen molar-refractivity contribution in [2.24, 2.45) is 0 Å². The van der Waals surface area contributed by atoms with E-state index in [-0.39, 0.29) is 11.4 Å². The summed E-state index contributed by atoms with van der Waals surface area (Å²) in [6.07, 6.45) is 0. The number of rotatable bonds is 3. The molecule has 0 bridgehead atoms. The first-order valence-electron chi connectivity index (χ1n) is 4.41. The summed E-state index contributed by atoms with van der Waals surface area (Å²) in [6, 6.07) is 7.84. The van der Waals surface area contributed by atoms with Gasteiger partial charge in [0.15, 0.2) is 0 Å². The minimum Gasteiger partial charge on any atom is -0.478 e. The highest BCUT2D eigenvalue weighted by Gasteiger charge is 2.13. The second-order valence-electron chi connectivity index (χ2n) is 2.96. The molecular weight excluding hydrogens is 247 g/mol. The van der Waals surface area contributed by atoms with Crippen LogP contribution in [0.25, 0.3) is 0 Å². The summed E-state index contributed by atoms with van der Waals surface area (Å²) < 4.78 is 13.9.